The molecule has 0 radical (unpaired) electrons. The van der Waals surface area contributed by atoms with Crippen molar-refractivity contribution in [2.24, 2.45) is 5.73 Å². The number of hydrogen-bond acceptors (Lipinski definition) is 11. The molecule has 1 amide bonds. The van der Waals surface area contributed by atoms with Crippen LogP contribution in [0.5, 0.6) is 0 Å². The number of nitrogens with two attached hydrogens (primary N) is 2. The van der Waals surface area contributed by atoms with Gasteiger partial charge in [-0.25, -0.2) is 4.98 Å². The van der Waals surface area contributed by atoms with E-state index >= 15 is 0 Å². The number of carbonyl (C=O) groups excluding carboxylic acids is 2. The number of rotatable bonds is 20. The highest BCUT2D eigenvalue weighted by Crippen LogP contribution is 2.25. The van der Waals surface area contributed by atoms with Crippen LogP contribution in [0.15, 0.2) is 30.5 Å². The number of ketones is 1. The van der Waals surface area contributed by atoms with Gasteiger partial charge in [-0.15, -0.1) is 11.8 Å². The van der Waals surface area contributed by atoms with Gasteiger partial charge in [-0.2, -0.15) is 4.98 Å². The molecular formula is C35H50N8O6S. The number of nitrogen functional groups attached to an aromatic ring is 1. The average molecular weight is 711 g/mol. The first-order valence-corrected chi connectivity index (χ1v) is 18.3. The molecule has 3 heterocycles. The Labute approximate surface area is 297 Å². The predicted octanol–water partition coefficient (Wildman–Crippen LogP) is 3.34. The number of carboxylic acids is 2. The van der Waals surface area contributed by atoms with E-state index in [0.717, 1.165) is 74.1 Å². The van der Waals surface area contributed by atoms with E-state index in [1.165, 1.54) is 16.7 Å². The summed E-state index contributed by atoms with van der Waals surface area (Å²) in [5.41, 5.74) is 16.8. The molecule has 0 spiro atoms. The van der Waals surface area contributed by atoms with Crippen LogP contribution >= 0.6 is 11.8 Å². The molecule has 3 aromatic rings. The number of carboxylic acid groups (broad SMARTS) is 2. The number of benzene rings is 1. The van der Waals surface area contributed by atoms with Crippen molar-refractivity contribution in [2.45, 2.75) is 83.2 Å². The maximum atomic E-state index is 12.9. The van der Waals surface area contributed by atoms with Crippen molar-refractivity contribution in [3.05, 3.63) is 47.2 Å². The Kier molecular flexibility index (Phi) is 14.4. The maximum Gasteiger partial charge on any atom is 0.321 e. The molecule has 0 aliphatic carbocycles. The van der Waals surface area contributed by atoms with E-state index < -0.39 is 29.7 Å². The zero-order chi connectivity index (χ0) is 36.2. The second-order valence-corrected chi connectivity index (χ2v) is 14.1. The molecule has 1 aromatic carbocycles. The topological polar surface area (TPSA) is 210 Å². The maximum absolute atomic E-state index is 12.9. The van der Waals surface area contributed by atoms with Crippen molar-refractivity contribution in [3.8, 4) is 0 Å². The third-order valence-electron chi connectivity index (χ3n) is 8.91. The van der Waals surface area contributed by atoms with Crippen molar-refractivity contribution < 1.29 is 29.4 Å². The Morgan fingerprint density at radius 2 is 1.76 bits per heavy atom. The molecule has 272 valence electrons. The Morgan fingerprint density at radius 3 is 2.44 bits per heavy atom. The van der Waals surface area contributed by atoms with E-state index in [1.807, 2.05) is 17.2 Å². The summed E-state index contributed by atoms with van der Waals surface area (Å²) >= 11 is 0.940. The molecule has 1 aliphatic rings. The van der Waals surface area contributed by atoms with Gasteiger partial charge < -0.3 is 36.5 Å². The number of hydrogen-bond donors (Lipinski definition) is 5. The van der Waals surface area contributed by atoms with Crippen LogP contribution in [0.3, 0.4) is 0 Å². The summed E-state index contributed by atoms with van der Waals surface area (Å²) in [6.07, 6.45) is 5.52. The Bertz CT molecular complexity index is 1640. The Hall–Kier alpha value is -4.21. The molecule has 1 unspecified atom stereocenters. The van der Waals surface area contributed by atoms with Gasteiger partial charge in [0.2, 0.25) is 11.9 Å². The van der Waals surface area contributed by atoms with E-state index in [-0.39, 0.29) is 36.2 Å². The smallest absolute Gasteiger partial charge is 0.321 e. The lowest BCUT2D eigenvalue weighted by Gasteiger charge is -2.35. The van der Waals surface area contributed by atoms with E-state index in [4.69, 9.17) is 16.6 Å². The van der Waals surface area contributed by atoms with Gasteiger partial charge in [0.25, 0.3) is 0 Å². The lowest BCUT2D eigenvalue weighted by molar-refractivity contribution is -0.138. The number of aliphatic carboxylic acids is 2. The SMILES string of the molecule is CCCCCNc1nc(N)nc2ccn(Cc3ccc(CN4CCN(C(=O)CCCC(=O)C(CC(=O)O)SC[C@H](N)C(=O)O)CC4)cc3C)c12. The average Bonchev–Trinajstić information content (AvgIpc) is 3.48. The molecule has 7 N–H and O–H groups in total. The molecule has 4 rings (SSSR count). The first kappa shape index (κ1) is 38.6. The number of aryl methyl sites for hydroxylation is 1. The van der Waals surface area contributed by atoms with E-state index in [9.17, 15) is 24.3 Å². The number of piperazine rings is 1. The van der Waals surface area contributed by atoms with Crippen LogP contribution in [-0.4, -0.2) is 108 Å². The third-order valence-corrected chi connectivity index (χ3v) is 10.3. The molecule has 2 atom stereocenters. The number of nitrogens with one attached hydrogen (secondary N) is 1. The number of amides is 1. The molecule has 1 aliphatic heterocycles. The van der Waals surface area contributed by atoms with E-state index in [0.29, 0.717) is 26.1 Å². The summed E-state index contributed by atoms with van der Waals surface area (Å²) in [4.78, 5) is 60.8. The van der Waals surface area contributed by atoms with Crippen molar-refractivity contribution in [1.29, 1.82) is 0 Å². The zero-order valence-corrected chi connectivity index (χ0v) is 29.8. The van der Waals surface area contributed by atoms with Crippen LogP contribution in [0.25, 0.3) is 11.0 Å². The van der Waals surface area contributed by atoms with Gasteiger partial charge in [-0.05, 0) is 42.5 Å². The Balaban J connectivity index is 1.24. The number of Topliss-reactive ketones (excluding diaryl/α,β-unsaturated/α-hetero) is 1. The molecule has 1 fully saturated rings. The summed E-state index contributed by atoms with van der Waals surface area (Å²) in [5.74, 6) is -1.75. The summed E-state index contributed by atoms with van der Waals surface area (Å²) < 4.78 is 2.16. The molecule has 2 aromatic heterocycles. The molecule has 0 bridgehead atoms. The standard InChI is InChI=1S/C35H50N8O6S/c1-3-4-5-12-38-33-32-27(39-35(37)40-33)11-13-43(32)21-25-10-9-24(18-23(25)2)20-41-14-16-42(17-15-41)30(45)8-6-7-28(44)29(19-31(46)47)50-22-26(36)34(48)49/h9-11,13,18,26,29H,3-8,12,14-17,19-22,36H2,1-2H3,(H,46,47)(H,48,49)(H3,37,38,39,40)/t26-,29?/m0/s1. The van der Waals surface area contributed by atoms with Gasteiger partial charge in [0.05, 0.1) is 17.2 Å². The number of anilines is 2. The van der Waals surface area contributed by atoms with Crippen LogP contribution in [-0.2, 0) is 32.3 Å². The van der Waals surface area contributed by atoms with E-state index in [2.05, 4.69) is 56.8 Å². The van der Waals surface area contributed by atoms with Crippen LogP contribution < -0.4 is 16.8 Å². The number of carbonyl (C=O) groups is 4. The minimum atomic E-state index is -1.21. The van der Waals surface area contributed by atoms with Gasteiger partial charge in [0, 0.05) is 70.6 Å². The largest absolute Gasteiger partial charge is 0.481 e. The fourth-order valence-corrected chi connectivity index (χ4v) is 7.19. The van der Waals surface area contributed by atoms with Crippen molar-refractivity contribution in [3.63, 3.8) is 0 Å². The monoisotopic (exact) mass is 710 g/mol. The third kappa shape index (κ3) is 11.2. The summed E-state index contributed by atoms with van der Waals surface area (Å²) in [6.45, 7) is 9.24. The number of fused-ring (bicyclic) bond motifs is 1. The molecule has 50 heavy (non-hydrogen) atoms. The molecule has 15 heteroatoms. The summed E-state index contributed by atoms with van der Waals surface area (Å²) in [6, 6.07) is 7.34. The van der Waals surface area contributed by atoms with Crippen LogP contribution in [0, 0.1) is 6.92 Å². The van der Waals surface area contributed by atoms with Gasteiger partial charge in [-0.3, -0.25) is 24.1 Å². The highest BCUT2D eigenvalue weighted by molar-refractivity contribution is 8.00. The number of aromatic nitrogens is 3. The lowest BCUT2D eigenvalue weighted by atomic mass is 10.0. The van der Waals surface area contributed by atoms with Gasteiger partial charge in [0.15, 0.2) is 5.82 Å². The van der Waals surface area contributed by atoms with Crippen molar-refractivity contribution >= 4 is 58.2 Å². The number of thioether (sulfide) groups is 1. The number of nitrogens with zero attached hydrogens (tertiary/aromatic N) is 5. The highest BCUT2D eigenvalue weighted by atomic mass is 32.2. The van der Waals surface area contributed by atoms with Gasteiger partial charge >= 0.3 is 11.9 Å². The van der Waals surface area contributed by atoms with Crippen LogP contribution in [0.2, 0.25) is 0 Å². The second-order valence-electron chi connectivity index (χ2n) is 12.8. The normalized spacial score (nSPS) is 14.8. The minimum Gasteiger partial charge on any atom is -0.481 e. The molecular weight excluding hydrogens is 661 g/mol. The predicted molar refractivity (Wildman–Crippen MR) is 195 cm³/mol. The fourth-order valence-electron chi connectivity index (χ4n) is 6.04. The first-order valence-electron chi connectivity index (χ1n) is 17.2. The zero-order valence-electron chi connectivity index (χ0n) is 29.0. The molecule has 14 nitrogen and oxygen atoms in total. The van der Waals surface area contributed by atoms with Gasteiger partial charge in [-0.1, -0.05) is 38.0 Å². The lowest BCUT2D eigenvalue weighted by Crippen LogP contribution is -2.48. The fraction of sp³-hybridized carbons (Fsp3) is 0.543. The van der Waals surface area contributed by atoms with Gasteiger partial charge in [0.1, 0.15) is 17.3 Å². The molecule has 1 saturated heterocycles. The summed E-state index contributed by atoms with van der Waals surface area (Å²) in [5, 5.41) is 20.7. The van der Waals surface area contributed by atoms with E-state index in [1.54, 1.807) is 0 Å². The quantitative estimate of drug-likeness (QED) is 0.107. The minimum absolute atomic E-state index is 0.0297. The van der Waals surface area contributed by atoms with Crippen molar-refractivity contribution in [2.75, 3.05) is 49.5 Å². The van der Waals surface area contributed by atoms with Crippen LogP contribution in [0.4, 0.5) is 11.8 Å². The van der Waals surface area contributed by atoms with Crippen LogP contribution in [0.1, 0.15) is 68.6 Å². The first-order chi connectivity index (χ1) is 23.9. The molecule has 0 saturated carbocycles. The number of unbranched alkanes of at least 4 members (excludes halogenated alkanes) is 2. The highest BCUT2D eigenvalue weighted by Gasteiger charge is 2.26. The second kappa shape index (κ2) is 18.7. The Morgan fingerprint density at radius 1 is 1.00 bits per heavy atom. The summed E-state index contributed by atoms with van der Waals surface area (Å²) in [7, 11) is 0. The van der Waals surface area contributed by atoms with Crippen molar-refractivity contribution in [1.82, 2.24) is 24.3 Å².